The lowest BCUT2D eigenvalue weighted by atomic mass is 9.95. The lowest BCUT2D eigenvalue weighted by Crippen LogP contribution is -2.25. The van der Waals surface area contributed by atoms with Crippen molar-refractivity contribution in [3.63, 3.8) is 0 Å². The van der Waals surface area contributed by atoms with Crippen LogP contribution in [-0.2, 0) is 0 Å². The van der Waals surface area contributed by atoms with E-state index in [1.807, 2.05) is 12.1 Å². The molecule has 0 saturated carbocycles. The third kappa shape index (κ3) is 3.40. The van der Waals surface area contributed by atoms with E-state index in [4.69, 9.17) is 4.74 Å². The number of aromatic nitrogens is 1. The van der Waals surface area contributed by atoms with E-state index >= 15 is 0 Å². The molecule has 0 aliphatic rings. The quantitative estimate of drug-likeness (QED) is 0.801. The Balaban J connectivity index is 2.58. The Morgan fingerprint density at radius 3 is 2.44 bits per heavy atom. The summed E-state index contributed by atoms with van der Waals surface area (Å²) >= 11 is 0. The van der Waals surface area contributed by atoms with Gasteiger partial charge in [-0.2, -0.15) is 0 Å². The van der Waals surface area contributed by atoms with Crippen LogP contribution in [0.4, 0.5) is 5.82 Å². The predicted octanol–water partition coefficient (Wildman–Crippen LogP) is 3.33. The molecule has 16 heavy (non-hydrogen) atoms. The second-order valence-electron chi connectivity index (χ2n) is 4.09. The van der Waals surface area contributed by atoms with Crippen LogP contribution in [0.5, 0.6) is 5.75 Å². The van der Waals surface area contributed by atoms with Crippen molar-refractivity contribution in [2.75, 3.05) is 12.4 Å². The summed E-state index contributed by atoms with van der Waals surface area (Å²) in [5.74, 6) is 2.41. The molecule has 1 unspecified atom stereocenters. The van der Waals surface area contributed by atoms with E-state index in [0.29, 0.717) is 12.0 Å². The first-order valence-corrected chi connectivity index (χ1v) is 5.97. The molecule has 3 nitrogen and oxygen atoms in total. The van der Waals surface area contributed by atoms with Crippen molar-refractivity contribution in [1.82, 2.24) is 4.98 Å². The molecule has 0 spiro atoms. The molecule has 1 atom stereocenters. The largest absolute Gasteiger partial charge is 0.495 e. The standard InChI is InChI=1S/C13H22N2O/c1-5-11(6-2)10(3)15-13-8-7-12(16-4)9-14-13/h7-11H,5-6H2,1-4H3,(H,14,15). The first-order chi connectivity index (χ1) is 7.71. The summed E-state index contributed by atoms with van der Waals surface area (Å²) in [5.41, 5.74) is 0. The molecule has 0 aromatic carbocycles. The van der Waals surface area contributed by atoms with Gasteiger partial charge < -0.3 is 10.1 Å². The minimum atomic E-state index is 0.455. The van der Waals surface area contributed by atoms with Crippen molar-refractivity contribution in [1.29, 1.82) is 0 Å². The number of methoxy groups -OCH3 is 1. The molecule has 1 aromatic rings. The zero-order valence-corrected chi connectivity index (χ0v) is 10.7. The second kappa shape index (κ2) is 6.36. The Morgan fingerprint density at radius 1 is 1.31 bits per heavy atom. The lowest BCUT2D eigenvalue weighted by Gasteiger charge is -2.22. The Labute approximate surface area is 98.2 Å². The Morgan fingerprint density at radius 2 is 2.00 bits per heavy atom. The zero-order chi connectivity index (χ0) is 12.0. The third-order valence-corrected chi connectivity index (χ3v) is 3.10. The molecule has 1 heterocycles. The maximum Gasteiger partial charge on any atom is 0.137 e. The minimum Gasteiger partial charge on any atom is -0.495 e. The Hall–Kier alpha value is -1.25. The molecule has 1 N–H and O–H groups in total. The van der Waals surface area contributed by atoms with Gasteiger partial charge in [0.05, 0.1) is 13.3 Å². The molecular formula is C13H22N2O. The lowest BCUT2D eigenvalue weighted by molar-refractivity contribution is 0.412. The SMILES string of the molecule is CCC(CC)C(C)Nc1ccc(OC)cn1. The summed E-state index contributed by atoms with van der Waals surface area (Å²) in [6, 6.07) is 4.34. The molecule has 0 saturated heterocycles. The minimum absolute atomic E-state index is 0.455. The van der Waals surface area contributed by atoms with Crippen LogP contribution in [0.15, 0.2) is 18.3 Å². The summed E-state index contributed by atoms with van der Waals surface area (Å²) < 4.78 is 5.07. The maximum atomic E-state index is 5.07. The normalized spacial score (nSPS) is 12.6. The first-order valence-electron chi connectivity index (χ1n) is 5.97. The van der Waals surface area contributed by atoms with Gasteiger partial charge in [0, 0.05) is 6.04 Å². The van der Waals surface area contributed by atoms with Gasteiger partial charge in [0.2, 0.25) is 0 Å². The summed E-state index contributed by atoms with van der Waals surface area (Å²) in [5, 5.41) is 3.43. The highest BCUT2D eigenvalue weighted by molar-refractivity contribution is 5.38. The van der Waals surface area contributed by atoms with Crippen LogP contribution < -0.4 is 10.1 Å². The van der Waals surface area contributed by atoms with E-state index in [-0.39, 0.29) is 0 Å². The van der Waals surface area contributed by atoms with Gasteiger partial charge in [0.25, 0.3) is 0 Å². The molecule has 0 radical (unpaired) electrons. The molecule has 1 aromatic heterocycles. The highest BCUT2D eigenvalue weighted by Crippen LogP contribution is 2.18. The Kier molecular flexibility index (Phi) is 5.09. The fraction of sp³-hybridized carbons (Fsp3) is 0.615. The van der Waals surface area contributed by atoms with Crippen molar-refractivity contribution in [3.8, 4) is 5.75 Å². The van der Waals surface area contributed by atoms with Crippen molar-refractivity contribution >= 4 is 5.82 Å². The second-order valence-corrected chi connectivity index (χ2v) is 4.09. The monoisotopic (exact) mass is 222 g/mol. The molecule has 3 heteroatoms. The van der Waals surface area contributed by atoms with Crippen LogP contribution in [0.2, 0.25) is 0 Å². The molecule has 1 rings (SSSR count). The number of ether oxygens (including phenoxy) is 1. The molecular weight excluding hydrogens is 200 g/mol. The highest BCUT2D eigenvalue weighted by atomic mass is 16.5. The fourth-order valence-electron chi connectivity index (χ4n) is 1.93. The van der Waals surface area contributed by atoms with Gasteiger partial charge in [-0.1, -0.05) is 26.7 Å². The number of pyridine rings is 1. The number of nitrogens with zero attached hydrogens (tertiary/aromatic N) is 1. The molecule has 0 amide bonds. The van der Waals surface area contributed by atoms with Crippen LogP contribution in [0, 0.1) is 5.92 Å². The molecule has 0 bridgehead atoms. The molecule has 0 aliphatic heterocycles. The third-order valence-electron chi connectivity index (χ3n) is 3.10. The predicted molar refractivity (Wildman–Crippen MR) is 67.9 cm³/mol. The van der Waals surface area contributed by atoms with Gasteiger partial charge in [-0.15, -0.1) is 0 Å². The van der Waals surface area contributed by atoms with E-state index in [9.17, 15) is 0 Å². The zero-order valence-electron chi connectivity index (χ0n) is 10.7. The average Bonchev–Trinajstić information content (AvgIpc) is 2.31. The van der Waals surface area contributed by atoms with Crippen LogP contribution in [0.1, 0.15) is 33.6 Å². The van der Waals surface area contributed by atoms with Crippen molar-refractivity contribution < 1.29 is 4.74 Å². The maximum absolute atomic E-state index is 5.07. The van der Waals surface area contributed by atoms with E-state index < -0.39 is 0 Å². The highest BCUT2D eigenvalue weighted by Gasteiger charge is 2.13. The van der Waals surface area contributed by atoms with Crippen molar-refractivity contribution in [3.05, 3.63) is 18.3 Å². The summed E-state index contributed by atoms with van der Waals surface area (Å²) in [7, 11) is 1.65. The van der Waals surface area contributed by atoms with E-state index in [2.05, 4.69) is 31.1 Å². The van der Waals surface area contributed by atoms with Crippen LogP contribution >= 0.6 is 0 Å². The first kappa shape index (κ1) is 12.8. The van der Waals surface area contributed by atoms with Gasteiger partial charge in [-0.3, -0.25) is 0 Å². The van der Waals surface area contributed by atoms with Crippen LogP contribution in [0.3, 0.4) is 0 Å². The molecule has 90 valence electrons. The molecule has 0 fully saturated rings. The number of nitrogens with one attached hydrogen (secondary N) is 1. The van der Waals surface area contributed by atoms with Crippen LogP contribution in [-0.4, -0.2) is 18.1 Å². The summed E-state index contributed by atoms with van der Waals surface area (Å²) in [6.07, 6.45) is 4.13. The van der Waals surface area contributed by atoms with Gasteiger partial charge in [-0.05, 0) is 25.0 Å². The average molecular weight is 222 g/mol. The summed E-state index contributed by atoms with van der Waals surface area (Å²) in [4.78, 5) is 4.30. The van der Waals surface area contributed by atoms with Gasteiger partial charge >= 0.3 is 0 Å². The van der Waals surface area contributed by atoms with Crippen molar-refractivity contribution in [2.45, 2.75) is 39.7 Å². The van der Waals surface area contributed by atoms with E-state index in [0.717, 1.165) is 11.6 Å². The fourth-order valence-corrected chi connectivity index (χ4v) is 1.93. The number of hydrogen-bond acceptors (Lipinski definition) is 3. The Bertz CT molecular complexity index is 293. The number of hydrogen-bond donors (Lipinski definition) is 1. The van der Waals surface area contributed by atoms with E-state index in [1.54, 1.807) is 13.3 Å². The van der Waals surface area contributed by atoms with E-state index in [1.165, 1.54) is 12.8 Å². The van der Waals surface area contributed by atoms with Gasteiger partial charge in [-0.25, -0.2) is 4.98 Å². The van der Waals surface area contributed by atoms with Crippen LogP contribution in [0.25, 0.3) is 0 Å². The summed E-state index contributed by atoms with van der Waals surface area (Å²) in [6.45, 7) is 6.67. The van der Waals surface area contributed by atoms with Gasteiger partial charge in [0.15, 0.2) is 0 Å². The van der Waals surface area contributed by atoms with Gasteiger partial charge in [0.1, 0.15) is 11.6 Å². The molecule has 0 aliphatic carbocycles. The smallest absolute Gasteiger partial charge is 0.137 e. The topological polar surface area (TPSA) is 34.1 Å². The van der Waals surface area contributed by atoms with Crippen molar-refractivity contribution in [2.24, 2.45) is 5.92 Å². The number of anilines is 1. The number of rotatable bonds is 6.